The maximum absolute atomic E-state index is 12.3. The number of hydrogen-bond donors (Lipinski definition) is 1. The second-order valence-corrected chi connectivity index (χ2v) is 5.93. The number of nitrogen functional groups attached to an aromatic ring is 1. The molecule has 0 aliphatic carbocycles. The summed E-state index contributed by atoms with van der Waals surface area (Å²) in [5, 5.41) is 0. The Morgan fingerprint density at radius 1 is 1.43 bits per heavy atom. The summed E-state index contributed by atoms with van der Waals surface area (Å²) in [6, 6.07) is 5.29. The van der Waals surface area contributed by atoms with E-state index in [1.807, 2.05) is 13.0 Å². The van der Waals surface area contributed by atoms with Crippen LogP contribution in [0.5, 0.6) is 0 Å². The number of esters is 1. The SMILES string of the molecule is Cc1ccc(N)cc1C(=O)OC1CCOC2(CCOC2)C1. The summed E-state index contributed by atoms with van der Waals surface area (Å²) in [5.41, 5.74) is 7.48. The summed E-state index contributed by atoms with van der Waals surface area (Å²) in [6.07, 6.45) is 2.20. The zero-order chi connectivity index (χ0) is 14.9. The Hall–Kier alpha value is -1.59. The lowest BCUT2D eigenvalue weighted by Crippen LogP contribution is -2.43. The molecule has 0 bridgehead atoms. The molecule has 2 unspecified atom stereocenters. The molecule has 2 atom stereocenters. The number of carbonyl (C=O) groups excluding carboxylic acids is 1. The van der Waals surface area contributed by atoms with Gasteiger partial charge in [-0.25, -0.2) is 4.79 Å². The van der Waals surface area contributed by atoms with Crippen molar-refractivity contribution in [3.63, 3.8) is 0 Å². The van der Waals surface area contributed by atoms with Crippen LogP contribution in [-0.2, 0) is 14.2 Å². The molecule has 0 amide bonds. The molecule has 2 heterocycles. The number of carbonyl (C=O) groups is 1. The van der Waals surface area contributed by atoms with Crippen molar-refractivity contribution in [1.82, 2.24) is 0 Å². The van der Waals surface area contributed by atoms with Gasteiger partial charge in [-0.05, 0) is 24.6 Å². The molecule has 1 spiro atoms. The van der Waals surface area contributed by atoms with Crippen molar-refractivity contribution in [1.29, 1.82) is 0 Å². The summed E-state index contributed by atoms with van der Waals surface area (Å²) >= 11 is 0. The third-order valence-corrected chi connectivity index (χ3v) is 4.27. The minimum Gasteiger partial charge on any atom is -0.459 e. The molecule has 2 N–H and O–H groups in total. The van der Waals surface area contributed by atoms with E-state index in [9.17, 15) is 4.79 Å². The first-order valence-corrected chi connectivity index (χ1v) is 7.37. The summed E-state index contributed by atoms with van der Waals surface area (Å²) in [4.78, 5) is 12.3. The number of hydrogen-bond acceptors (Lipinski definition) is 5. The number of benzene rings is 1. The van der Waals surface area contributed by atoms with Gasteiger partial charge in [-0.15, -0.1) is 0 Å². The topological polar surface area (TPSA) is 70.8 Å². The van der Waals surface area contributed by atoms with Crippen LogP contribution in [0.1, 0.15) is 35.2 Å². The van der Waals surface area contributed by atoms with Gasteiger partial charge in [0.2, 0.25) is 0 Å². The highest BCUT2D eigenvalue weighted by Gasteiger charge is 2.42. The fourth-order valence-electron chi connectivity index (χ4n) is 3.02. The molecule has 2 fully saturated rings. The lowest BCUT2D eigenvalue weighted by atomic mass is 9.91. The number of anilines is 1. The molecule has 1 aromatic rings. The number of nitrogens with two attached hydrogens (primary N) is 1. The van der Waals surface area contributed by atoms with Crippen LogP contribution in [0.25, 0.3) is 0 Å². The lowest BCUT2D eigenvalue weighted by Gasteiger charge is -2.36. The van der Waals surface area contributed by atoms with Crippen LogP contribution in [-0.4, -0.2) is 37.5 Å². The van der Waals surface area contributed by atoms with Crippen LogP contribution >= 0.6 is 0 Å². The van der Waals surface area contributed by atoms with E-state index in [0.717, 1.165) is 25.0 Å². The molecule has 0 saturated carbocycles. The fourth-order valence-corrected chi connectivity index (χ4v) is 3.02. The van der Waals surface area contributed by atoms with Crippen molar-refractivity contribution in [3.8, 4) is 0 Å². The average Bonchev–Trinajstić information content (AvgIpc) is 2.89. The van der Waals surface area contributed by atoms with Gasteiger partial charge in [0.15, 0.2) is 0 Å². The number of ether oxygens (including phenoxy) is 3. The first-order valence-electron chi connectivity index (χ1n) is 7.37. The Labute approximate surface area is 124 Å². The summed E-state index contributed by atoms with van der Waals surface area (Å²) in [5.74, 6) is -0.305. The third kappa shape index (κ3) is 3.04. The van der Waals surface area contributed by atoms with Crippen LogP contribution in [0, 0.1) is 6.92 Å². The summed E-state index contributed by atoms with van der Waals surface area (Å²) < 4.78 is 16.9. The highest BCUT2D eigenvalue weighted by molar-refractivity contribution is 5.92. The van der Waals surface area contributed by atoms with E-state index in [0.29, 0.717) is 30.9 Å². The summed E-state index contributed by atoms with van der Waals surface area (Å²) in [7, 11) is 0. The van der Waals surface area contributed by atoms with E-state index in [1.165, 1.54) is 0 Å². The van der Waals surface area contributed by atoms with E-state index in [2.05, 4.69) is 0 Å². The normalized spacial score (nSPS) is 28.7. The van der Waals surface area contributed by atoms with Crippen molar-refractivity contribution in [2.45, 2.75) is 37.9 Å². The molecule has 5 heteroatoms. The predicted octanol–water partition coefficient (Wildman–Crippen LogP) is 2.07. The van der Waals surface area contributed by atoms with Crippen molar-refractivity contribution in [2.24, 2.45) is 0 Å². The molecule has 2 aliphatic rings. The quantitative estimate of drug-likeness (QED) is 0.667. The zero-order valence-electron chi connectivity index (χ0n) is 12.3. The highest BCUT2D eigenvalue weighted by atomic mass is 16.6. The van der Waals surface area contributed by atoms with E-state index in [-0.39, 0.29) is 17.7 Å². The predicted molar refractivity (Wildman–Crippen MR) is 78.1 cm³/mol. The minimum atomic E-state index is -0.305. The van der Waals surface area contributed by atoms with Crippen molar-refractivity contribution >= 4 is 11.7 Å². The van der Waals surface area contributed by atoms with Crippen LogP contribution in [0.4, 0.5) is 5.69 Å². The van der Waals surface area contributed by atoms with Gasteiger partial charge in [-0.1, -0.05) is 6.07 Å². The van der Waals surface area contributed by atoms with E-state index >= 15 is 0 Å². The molecule has 5 nitrogen and oxygen atoms in total. The number of rotatable bonds is 2. The molecule has 0 radical (unpaired) electrons. The van der Waals surface area contributed by atoms with E-state index in [4.69, 9.17) is 19.9 Å². The largest absolute Gasteiger partial charge is 0.459 e. The molecule has 2 aliphatic heterocycles. The van der Waals surface area contributed by atoms with Crippen molar-refractivity contribution < 1.29 is 19.0 Å². The molecule has 2 saturated heterocycles. The second-order valence-electron chi connectivity index (χ2n) is 5.93. The standard InChI is InChI=1S/C16H21NO4/c1-11-2-3-12(17)8-14(11)15(18)21-13-4-6-20-16(9-13)5-7-19-10-16/h2-3,8,13H,4-7,9-10,17H2,1H3. The van der Waals surface area contributed by atoms with Crippen LogP contribution < -0.4 is 5.73 Å². The smallest absolute Gasteiger partial charge is 0.338 e. The first kappa shape index (κ1) is 14.4. The first-order chi connectivity index (χ1) is 10.1. The Morgan fingerprint density at radius 2 is 2.29 bits per heavy atom. The molecular weight excluding hydrogens is 270 g/mol. The highest BCUT2D eigenvalue weighted by Crippen LogP contribution is 2.34. The van der Waals surface area contributed by atoms with Gasteiger partial charge in [0.1, 0.15) is 6.10 Å². The molecular formula is C16H21NO4. The van der Waals surface area contributed by atoms with Crippen molar-refractivity contribution in [2.75, 3.05) is 25.6 Å². The number of aryl methyl sites for hydroxylation is 1. The molecule has 0 aromatic heterocycles. The second kappa shape index (κ2) is 5.66. The van der Waals surface area contributed by atoms with E-state index < -0.39 is 0 Å². The summed E-state index contributed by atoms with van der Waals surface area (Å²) in [6.45, 7) is 3.80. The van der Waals surface area contributed by atoms with Crippen LogP contribution in [0.2, 0.25) is 0 Å². The molecule has 21 heavy (non-hydrogen) atoms. The Morgan fingerprint density at radius 3 is 3.05 bits per heavy atom. The Bertz CT molecular complexity index is 537. The van der Waals surface area contributed by atoms with Gasteiger partial charge in [-0.3, -0.25) is 0 Å². The average molecular weight is 291 g/mol. The minimum absolute atomic E-state index is 0.117. The van der Waals surface area contributed by atoms with Gasteiger partial charge in [0.25, 0.3) is 0 Å². The van der Waals surface area contributed by atoms with Crippen LogP contribution in [0.15, 0.2) is 18.2 Å². The van der Waals surface area contributed by atoms with Gasteiger partial charge in [-0.2, -0.15) is 0 Å². The van der Waals surface area contributed by atoms with Gasteiger partial charge in [0, 0.05) is 31.6 Å². The fraction of sp³-hybridized carbons (Fsp3) is 0.562. The maximum Gasteiger partial charge on any atom is 0.338 e. The van der Waals surface area contributed by atoms with Gasteiger partial charge in [0.05, 0.1) is 24.4 Å². The van der Waals surface area contributed by atoms with Crippen LogP contribution in [0.3, 0.4) is 0 Å². The molecule has 114 valence electrons. The monoisotopic (exact) mass is 291 g/mol. The van der Waals surface area contributed by atoms with E-state index in [1.54, 1.807) is 12.1 Å². The Kier molecular flexibility index (Phi) is 3.87. The van der Waals surface area contributed by atoms with Crippen molar-refractivity contribution in [3.05, 3.63) is 29.3 Å². The third-order valence-electron chi connectivity index (χ3n) is 4.27. The van der Waals surface area contributed by atoms with Gasteiger partial charge >= 0.3 is 5.97 Å². The molecule has 3 rings (SSSR count). The maximum atomic E-state index is 12.3. The lowest BCUT2D eigenvalue weighted by molar-refractivity contribution is -0.120. The Balaban J connectivity index is 1.68. The zero-order valence-corrected chi connectivity index (χ0v) is 12.3. The van der Waals surface area contributed by atoms with Gasteiger partial charge < -0.3 is 19.9 Å². The molecule has 1 aromatic carbocycles.